The molecule has 15 rings (SSSR count). The van der Waals surface area contributed by atoms with E-state index in [-0.39, 0.29) is 0 Å². The highest BCUT2D eigenvalue weighted by atomic mass is 15.2. The van der Waals surface area contributed by atoms with Crippen molar-refractivity contribution in [2.45, 2.75) is 0 Å². The number of aromatic nitrogens is 1. The molecule has 366 valence electrons. The predicted octanol–water partition coefficient (Wildman–Crippen LogP) is 20.8. The minimum atomic E-state index is 1.09. The van der Waals surface area contributed by atoms with Crippen molar-refractivity contribution in [3.63, 3.8) is 0 Å². The molecule has 0 aliphatic carbocycles. The van der Waals surface area contributed by atoms with E-state index in [1.165, 1.54) is 82.5 Å². The van der Waals surface area contributed by atoms with Gasteiger partial charge >= 0.3 is 0 Å². The van der Waals surface area contributed by atoms with Gasteiger partial charge < -0.3 is 19.3 Å². The summed E-state index contributed by atoms with van der Waals surface area (Å²) in [5.74, 6) is 0. The standard InChI is InChI=1S/C74H50N4/c1-5-20-57(21-6-1)75(58-22-7-2-8-23-58)61-39-32-51(33-40-61)52-34-43-63(44-35-52)78-70-31-17-19-55-48-56(49-68(73(55)70)74-65-28-14-13-18-54(65)38-47-71(74)78)53-36-41-62(42-37-53)76(59-24-9-3-10-25-59)64-45-46-67-66-29-15-16-30-69(66)77(72(67)50-64)60-26-11-4-12-27-60/h1-50H. The summed E-state index contributed by atoms with van der Waals surface area (Å²) >= 11 is 0. The van der Waals surface area contributed by atoms with Crippen molar-refractivity contribution in [1.29, 1.82) is 0 Å². The lowest BCUT2D eigenvalue weighted by Gasteiger charge is -2.34. The van der Waals surface area contributed by atoms with E-state index in [2.05, 4.69) is 323 Å². The molecule has 0 saturated heterocycles. The molecule has 4 nitrogen and oxygen atoms in total. The fourth-order valence-corrected chi connectivity index (χ4v) is 12.1. The summed E-state index contributed by atoms with van der Waals surface area (Å²) < 4.78 is 2.39. The lowest BCUT2D eigenvalue weighted by molar-refractivity contribution is 1.18. The van der Waals surface area contributed by atoms with Gasteiger partial charge in [0.05, 0.1) is 22.4 Å². The maximum absolute atomic E-state index is 2.46. The van der Waals surface area contributed by atoms with E-state index in [1.54, 1.807) is 0 Å². The van der Waals surface area contributed by atoms with Crippen LogP contribution in [0.25, 0.3) is 82.4 Å². The molecule has 0 radical (unpaired) electrons. The average molecular weight is 995 g/mol. The van der Waals surface area contributed by atoms with Gasteiger partial charge in [-0.05, 0) is 171 Å². The minimum absolute atomic E-state index is 1.09. The number of benzene rings is 13. The zero-order chi connectivity index (χ0) is 51.5. The second-order valence-electron chi connectivity index (χ2n) is 20.1. The van der Waals surface area contributed by atoms with Crippen molar-refractivity contribution >= 4 is 94.5 Å². The molecule has 2 heterocycles. The predicted molar refractivity (Wildman–Crippen MR) is 330 cm³/mol. The molecule has 4 heteroatoms. The molecule has 14 aromatic rings. The first-order valence-electron chi connectivity index (χ1n) is 26.7. The van der Waals surface area contributed by atoms with Crippen molar-refractivity contribution in [3.05, 3.63) is 303 Å². The highest BCUT2D eigenvalue weighted by molar-refractivity contribution is 6.20. The SMILES string of the molecule is c1ccc(N(c2ccccc2)c2ccc(-c3ccc(N4c5ccc6ccccc6c5-c5cc(-c6ccc(N(c7ccccc7)c7ccc8c9ccccc9n(-c9ccccc9)c8c7)cc6)cc6cccc4c56)cc3)cc2)cc1. The second-order valence-corrected chi connectivity index (χ2v) is 20.1. The topological polar surface area (TPSA) is 14.7 Å². The first kappa shape index (κ1) is 45.0. The maximum atomic E-state index is 2.46. The van der Waals surface area contributed by atoms with Crippen LogP contribution in [0.4, 0.5) is 51.2 Å². The van der Waals surface area contributed by atoms with Crippen molar-refractivity contribution in [3.8, 4) is 39.1 Å². The Kier molecular flexibility index (Phi) is 10.8. The van der Waals surface area contributed by atoms with E-state index in [0.717, 1.165) is 51.1 Å². The minimum Gasteiger partial charge on any atom is -0.311 e. The lowest BCUT2D eigenvalue weighted by Crippen LogP contribution is -2.15. The van der Waals surface area contributed by atoms with E-state index in [1.807, 2.05) is 0 Å². The van der Waals surface area contributed by atoms with Gasteiger partial charge in [0.1, 0.15) is 0 Å². The van der Waals surface area contributed by atoms with Crippen molar-refractivity contribution in [2.75, 3.05) is 14.7 Å². The van der Waals surface area contributed by atoms with Crippen LogP contribution >= 0.6 is 0 Å². The second kappa shape index (κ2) is 18.7. The molecular weight excluding hydrogens is 945 g/mol. The van der Waals surface area contributed by atoms with E-state index in [9.17, 15) is 0 Å². The van der Waals surface area contributed by atoms with Gasteiger partial charge in [-0.25, -0.2) is 0 Å². The van der Waals surface area contributed by atoms with Gasteiger partial charge in [0, 0.05) is 67.2 Å². The van der Waals surface area contributed by atoms with Crippen LogP contribution in [-0.4, -0.2) is 4.57 Å². The molecule has 0 N–H and O–H groups in total. The Hall–Kier alpha value is -10.4. The fourth-order valence-electron chi connectivity index (χ4n) is 12.1. The molecule has 0 atom stereocenters. The molecular formula is C74H50N4. The summed E-state index contributed by atoms with van der Waals surface area (Å²) in [6.07, 6.45) is 0. The van der Waals surface area contributed by atoms with Crippen LogP contribution < -0.4 is 14.7 Å². The molecule has 0 unspecified atom stereocenters. The number of para-hydroxylation sites is 5. The summed E-state index contributed by atoms with van der Waals surface area (Å²) in [5.41, 5.74) is 20.8. The van der Waals surface area contributed by atoms with E-state index < -0.39 is 0 Å². The Bertz CT molecular complexity index is 4480. The van der Waals surface area contributed by atoms with Crippen LogP contribution in [0.2, 0.25) is 0 Å². The zero-order valence-corrected chi connectivity index (χ0v) is 42.7. The highest BCUT2D eigenvalue weighted by Gasteiger charge is 2.29. The van der Waals surface area contributed by atoms with Gasteiger partial charge in [-0.2, -0.15) is 0 Å². The Labute approximate surface area is 453 Å². The molecule has 13 aromatic carbocycles. The zero-order valence-electron chi connectivity index (χ0n) is 42.7. The quantitative estimate of drug-likeness (QED) is 0.136. The third-order valence-corrected chi connectivity index (χ3v) is 15.6. The van der Waals surface area contributed by atoms with E-state index in [0.29, 0.717) is 0 Å². The first-order valence-corrected chi connectivity index (χ1v) is 26.7. The van der Waals surface area contributed by atoms with Crippen LogP contribution in [0.15, 0.2) is 303 Å². The third kappa shape index (κ3) is 7.61. The van der Waals surface area contributed by atoms with Gasteiger partial charge in [-0.3, -0.25) is 0 Å². The Balaban J connectivity index is 0.801. The third-order valence-electron chi connectivity index (χ3n) is 15.6. The van der Waals surface area contributed by atoms with Gasteiger partial charge in [0.25, 0.3) is 0 Å². The lowest BCUT2D eigenvalue weighted by atomic mass is 9.85. The maximum Gasteiger partial charge on any atom is 0.0561 e. The van der Waals surface area contributed by atoms with Gasteiger partial charge in [0.2, 0.25) is 0 Å². The van der Waals surface area contributed by atoms with Crippen LogP contribution in [0.3, 0.4) is 0 Å². The molecule has 0 fully saturated rings. The van der Waals surface area contributed by atoms with Crippen LogP contribution in [0.5, 0.6) is 0 Å². The molecule has 0 saturated carbocycles. The Morgan fingerprint density at radius 2 is 0.744 bits per heavy atom. The molecule has 1 aliphatic heterocycles. The van der Waals surface area contributed by atoms with Crippen LogP contribution in [-0.2, 0) is 0 Å². The Morgan fingerprint density at radius 3 is 1.38 bits per heavy atom. The van der Waals surface area contributed by atoms with Crippen molar-refractivity contribution in [1.82, 2.24) is 4.57 Å². The summed E-state index contributed by atoms with van der Waals surface area (Å²) in [6.45, 7) is 0. The molecule has 0 amide bonds. The van der Waals surface area contributed by atoms with Crippen molar-refractivity contribution < 1.29 is 0 Å². The molecule has 78 heavy (non-hydrogen) atoms. The first-order chi connectivity index (χ1) is 38.7. The van der Waals surface area contributed by atoms with Gasteiger partial charge in [-0.1, -0.05) is 176 Å². The smallest absolute Gasteiger partial charge is 0.0561 e. The van der Waals surface area contributed by atoms with Crippen molar-refractivity contribution in [2.24, 2.45) is 0 Å². The fraction of sp³-hybridized carbons (Fsp3) is 0. The summed E-state index contributed by atoms with van der Waals surface area (Å²) in [5, 5.41) is 7.39. The molecule has 0 bridgehead atoms. The van der Waals surface area contributed by atoms with Crippen LogP contribution in [0.1, 0.15) is 0 Å². The van der Waals surface area contributed by atoms with Gasteiger partial charge in [-0.15, -0.1) is 0 Å². The summed E-state index contributed by atoms with van der Waals surface area (Å²) in [6, 6.07) is 110. The summed E-state index contributed by atoms with van der Waals surface area (Å²) in [4.78, 5) is 7.14. The highest BCUT2D eigenvalue weighted by Crippen LogP contribution is 2.54. The average Bonchev–Trinajstić information content (AvgIpc) is 3.98. The van der Waals surface area contributed by atoms with E-state index in [4.69, 9.17) is 0 Å². The monoisotopic (exact) mass is 994 g/mol. The molecule has 1 aromatic heterocycles. The largest absolute Gasteiger partial charge is 0.311 e. The number of nitrogens with zero attached hydrogens (tertiary/aromatic N) is 4. The summed E-state index contributed by atoms with van der Waals surface area (Å²) in [7, 11) is 0. The normalized spacial score (nSPS) is 11.8. The number of fused-ring (bicyclic) bond motifs is 7. The molecule has 1 aliphatic rings. The molecule has 0 spiro atoms. The number of rotatable bonds is 10. The van der Waals surface area contributed by atoms with E-state index >= 15 is 0 Å². The Morgan fingerprint density at radius 1 is 0.256 bits per heavy atom. The number of hydrogen-bond donors (Lipinski definition) is 0. The number of hydrogen-bond acceptors (Lipinski definition) is 3. The number of anilines is 9. The van der Waals surface area contributed by atoms with Crippen LogP contribution in [0, 0.1) is 0 Å². The van der Waals surface area contributed by atoms with Gasteiger partial charge in [0.15, 0.2) is 0 Å².